The van der Waals surface area contributed by atoms with Crippen LogP contribution in [0.2, 0.25) is 0 Å². The summed E-state index contributed by atoms with van der Waals surface area (Å²) in [6.45, 7) is 2.29. The van der Waals surface area contributed by atoms with Crippen molar-refractivity contribution in [3.05, 3.63) is 46.3 Å². The third kappa shape index (κ3) is 5.46. The summed E-state index contributed by atoms with van der Waals surface area (Å²) in [6.07, 6.45) is 2.73. The number of amides is 2. The molecule has 2 N–H and O–H groups in total. The second kappa shape index (κ2) is 9.86. The topological polar surface area (TPSA) is 87.7 Å². The Morgan fingerprint density at radius 1 is 1.13 bits per heavy atom. The van der Waals surface area contributed by atoms with Crippen molar-refractivity contribution < 1.29 is 19.1 Å². The molecule has 1 heterocycles. The Kier molecular flexibility index (Phi) is 7.23. The van der Waals surface area contributed by atoms with E-state index in [0.29, 0.717) is 22.2 Å². The molecule has 0 spiro atoms. The largest absolute Gasteiger partial charge is 0.465 e. The lowest BCUT2D eigenvalue weighted by Crippen LogP contribution is -2.36. The fraction of sp³-hybridized carbons (Fsp3) is 0.409. The monoisotopic (exact) mass is 429 g/mol. The molecule has 0 aliphatic heterocycles. The number of nitrogens with one attached hydrogen (secondary N) is 2. The van der Waals surface area contributed by atoms with Gasteiger partial charge in [0.1, 0.15) is 5.00 Å². The minimum Gasteiger partial charge on any atom is -0.465 e. The number of anilines is 2. The van der Waals surface area contributed by atoms with Crippen LogP contribution in [0.15, 0.2) is 30.3 Å². The molecule has 1 unspecified atom stereocenters. The maximum Gasteiger partial charge on any atom is 0.341 e. The lowest BCUT2D eigenvalue weighted by atomic mass is 9.88. The Bertz CT molecular complexity index is 926. The number of nitrogens with zero attached hydrogens (tertiary/aromatic N) is 1. The smallest absolute Gasteiger partial charge is 0.341 e. The van der Waals surface area contributed by atoms with Crippen LogP contribution in [0, 0.1) is 5.92 Å². The van der Waals surface area contributed by atoms with Gasteiger partial charge in [0, 0.05) is 10.6 Å². The first-order valence-corrected chi connectivity index (χ1v) is 10.7. The van der Waals surface area contributed by atoms with Crippen molar-refractivity contribution in [1.82, 2.24) is 4.90 Å². The van der Waals surface area contributed by atoms with Crippen LogP contribution in [0.3, 0.4) is 0 Å². The molecule has 1 aliphatic carbocycles. The zero-order valence-corrected chi connectivity index (χ0v) is 18.3. The Morgan fingerprint density at radius 3 is 2.47 bits per heavy atom. The predicted molar refractivity (Wildman–Crippen MR) is 118 cm³/mol. The summed E-state index contributed by atoms with van der Waals surface area (Å²) in [5.74, 6) is -0.346. The van der Waals surface area contributed by atoms with Crippen LogP contribution in [-0.2, 0) is 27.2 Å². The minimum absolute atomic E-state index is 0.0296. The Balaban J connectivity index is 1.61. The Labute approximate surface area is 180 Å². The number of rotatable bonds is 7. The first kappa shape index (κ1) is 22.0. The van der Waals surface area contributed by atoms with Crippen LogP contribution in [0.5, 0.6) is 0 Å². The van der Waals surface area contributed by atoms with Crippen molar-refractivity contribution >= 4 is 39.8 Å². The van der Waals surface area contributed by atoms with Crippen LogP contribution >= 0.6 is 11.3 Å². The molecule has 0 saturated heterocycles. The summed E-state index contributed by atoms with van der Waals surface area (Å²) in [7, 11) is 3.05. The van der Waals surface area contributed by atoms with Gasteiger partial charge in [0.15, 0.2) is 0 Å². The lowest BCUT2D eigenvalue weighted by molar-refractivity contribution is -0.119. The zero-order valence-electron chi connectivity index (χ0n) is 17.5. The number of fused-ring (bicyclic) bond motifs is 1. The average Bonchev–Trinajstić information content (AvgIpc) is 3.04. The molecule has 1 aromatic carbocycles. The van der Waals surface area contributed by atoms with Crippen molar-refractivity contribution in [3.8, 4) is 0 Å². The highest BCUT2D eigenvalue weighted by Gasteiger charge is 2.29. The number of ether oxygens (including phenoxy) is 1. The molecule has 30 heavy (non-hydrogen) atoms. The summed E-state index contributed by atoms with van der Waals surface area (Å²) in [4.78, 5) is 39.8. The van der Waals surface area contributed by atoms with Crippen molar-refractivity contribution in [2.24, 2.45) is 5.92 Å². The summed E-state index contributed by atoms with van der Waals surface area (Å²) >= 11 is 1.45. The molecule has 160 valence electrons. The van der Waals surface area contributed by atoms with Gasteiger partial charge in [-0.15, -0.1) is 11.3 Å². The van der Waals surface area contributed by atoms with Crippen molar-refractivity contribution in [2.45, 2.75) is 26.2 Å². The fourth-order valence-electron chi connectivity index (χ4n) is 3.59. The molecule has 0 saturated carbocycles. The Morgan fingerprint density at radius 2 is 1.80 bits per heavy atom. The predicted octanol–water partition coefficient (Wildman–Crippen LogP) is 3.17. The molecular formula is C22H27N3O4S. The van der Waals surface area contributed by atoms with Crippen molar-refractivity contribution in [2.75, 3.05) is 37.9 Å². The van der Waals surface area contributed by atoms with Gasteiger partial charge in [-0.1, -0.05) is 25.1 Å². The number of hydrogen-bond donors (Lipinski definition) is 2. The van der Waals surface area contributed by atoms with E-state index in [1.165, 1.54) is 18.4 Å². The molecule has 0 fully saturated rings. The second-order valence-corrected chi connectivity index (χ2v) is 8.79. The molecule has 1 aliphatic rings. The first-order valence-electron chi connectivity index (χ1n) is 9.93. The van der Waals surface area contributed by atoms with Crippen LogP contribution in [-0.4, -0.2) is 49.9 Å². The number of hydrogen-bond acceptors (Lipinski definition) is 6. The van der Waals surface area contributed by atoms with Gasteiger partial charge in [-0.2, -0.15) is 0 Å². The normalized spacial score (nSPS) is 15.4. The van der Waals surface area contributed by atoms with Gasteiger partial charge in [-0.05, 0) is 49.9 Å². The third-order valence-electron chi connectivity index (χ3n) is 5.04. The van der Waals surface area contributed by atoms with E-state index in [4.69, 9.17) is 4.74 Å². The number of esters is 1. The summed E-state index contributed by atoms with van der Waals surface area (Å²) in [5.41, 5.74) is 2.18. The van der Waals surface area contributed by atoms with Crippen LogP contribution < -0.4 is 10.6 Å². The van der Waals surface area contributed by atoms with Gasteiger partial charge < -0.3 is 15.4 Å². The zero-order chi connectivity index (χ0) is 21.7. The third-order valence-corrected chi connectivity index (χ3v) is 6.21. The van der Waals surface area contributed by atoms with E-state index in [2.05, 4.69) is 17.6 Å². The molecule has 1 aromatic heterocycles. The van der Waals surface area contributed by atoms with Crippen LogP contribution in [0.25, 0.3) is 0 Å². The maximum absolute atomic E-state index is 12.6. The minimum atomic E-state index is -0.423. The van der Waals surface area contributed by atoms with E-state index in [1.54, 1.807) is 24.1 Å². The number of methoxy groups -OCH3 is 1. The number of benzene rings is 1. The highest BCUT2D eigenvalue weighted by molar-refractivity contribution is 7.17. The van der Waals surface area contributed by atoms with Gasteiger partial charge in [0.25, 0.3) is 0 Å². The fourth-order valence-corrected chi connectivity index (χ4v) is 5.01. The quantitative estimate of drug-likeness (QED) is 0.660. The van der Waals surface area contributed by atoms with E-state index >= 15 is 0 Å². The van der Waals surface area contributed by atoms with Gasteiger partial charge in [0.05, 0.1) is 25.8 Å². The van der Waals surface area contributed by atoms with Gasteiger partial charge >= 0.3 is 5.97 Å². The first-order chi connectivity index (χ1) is 14.4. The number of para-hydroxylation sites is 1. The highest BCUT2D eigenvalue weighted by Crippen LogP contribution is 2.40. The van der Waals surface area contributed by atoms with Gasteiger partial charge in [-0.25, -0.2) is 4.79 Å². The second-order valence-electron chi connectivity index (χ2n) is 7.68. The van der Waals surface area contributed by atoms with Gasteiger partial charge in [0.2, 0.25) is 11.8 Å². The van der Waals surface area contributed by atoms with Crippen LogP contribution in [0.1, 0.15) is 34.1 Å². The molecule has 2 amide bonds. The highest BCUT2D eigenvalue weighted by atomic mass is 32.1. The molecule has 0 bridgehead atoms. The van der Waals surface area contributed by atoms with E-state index in [-0.39, 0.29) is 24.9 Å². The molecular weight excluding hydrogens is 402 g/mol. The van der Waals surface area contributed by atoms with E-state index in [0.717, 1.165) is 29.7 Å². The molecule has 7 nitrogen and oxygen atoms in total. The van der Waals surface area contributed by atoms with E-state index < -0.39 is 5.97 Å². The summed E-state index contributed by atoms with van der Waals surface area (Å²) in [5, 5.41) is 6.19. The molecule has 2 aromatic rings. The SMILES string of the molecule is COC(=O)c1c(NC(=O)CN(C)CC(=O)Nc2ccccc2)sc2c1CCC(C)C2. The van der Waals surface area contributed by atoms with E-state index in [1.807, 2.05) is 18.2 Å². The van der Waals surface area contributed by atoms with E-state index in [9.17, 15) is 14.4 Å². The number of carbonyl (C=O) groups excluding carboxylic acids is 3. The number of carbonyl (C=O) groups is 3. The van der Waals surface area contributed by atoms with Gasteiger partial charge in [-0.3, -0.25) is 14.5 Å². The Hall–Kier alpha value is -2.71. The van der Waals surface area contributed by atoms with Crippen molar-refractivity contribution in [1.29, 1.82) is 0 Å². The summed E-state index contributed by atoms with van der Waals surface area (Å²) < 4.78 is 4.95. The molecule has 8 heteroatoms. The molecule has 3 rings (SSSR count). The van der Waals surface area contributed by atoms with Crippen LogP contribution in [0.4, 0.5) is 10.7 Å². The summed E-state index contributed by atoms with van der Waals surface area (Å²) in [6, 6.07) is 9.16. The standard InChI is InChI=1S/C22H27N3O4S/c1-14-9-10-16-17(11-14)30-21(20(16)22(28)29-3)24-19(27)13-25(2)12-18(26)23-15-7-5-4-6-8-15/h4-8,14H,9-13H2,1-3H3,(H,23,26)(H,24,27). The number of thiophene rings is 1. The molecule has 1 atom stereocenters. The maximum atomic E-state index is 12.6. The average molecular weight is 430 g/mol. The number of likely N-dealkylation sites (N-methyl/N-ethyl adjacent to an activating group) is 1. The van der Waals surface area contributed by atoms with Crippen molar-refractivity contribution in [3.63, 3.8) is 0 Å². The lowest BCUT2D eigenvalue weighted by Gasteiger charge is -2.18. The molecule has 0 radical (unpaired) electrons.